The molecule has 1 aromatic carbocycles. The Morgan fingerprint density at radius 2 is 2.06 bits per heavy atom. The maximum atomic E-state index is 12.8. The van der Waals surface area contributed by atoms with Crippen LogP contribution in [0.3, 0.4) is 0 Å². The van der Waals surface area contributed by atoms with Crippen molar-refractivity contribution in [1.29, 1.82) is 0 Å². The van der Waals surface area contributed by atoms with E-state index in [-0.39, 0.29) is 12.4 Å². The van der Waals surface area contributed by atoms with E-state index in [1.54, 1.807) is 18.3 Å². The molecule has 0 saturated carbocycles. The zero-order chi connectivity index (χ0) is 13.0. The average Bonchev–Trinajstić information content (AvgIpc) is 2.78. The second kappa shape index (κ2) is 5.75. The van der Waals surface area contributed by atoms with Crippen LogP contribution in [0.4, 0.5) is 4.39 Å². The van der Waals surface area contributed by atoms with Crippen molar-refractivity contribution in [2.24, 2.45) is 0 Å². The van der Waals surface area contributed by atoms with Crippen LogP contribution >= 0.6 is 0 Å². The Balaban J connectivity index is 2.08. The molecule has 4 nitrogen and oxygen atoms in total. The van der Waals surface area contributed by atoms with Gasteiger partial charge in [-0.25, -0.2) is 9.37 Å². The van der Waals surface area contributed by atoms with Gasteiger partial charge in [0.2, 0.25) is 5.89 Å². The van der Waals surface area contributed by atoms with Gasteiger partial charge in [-0.2, -0.15) is 0 Å². The molecule has 0 bridgehead atoms. The number of benzene rings is 1. The SMILES string of the molecule is CN(CCO)Cc1ncc(-c2ccc(F)cc2)o1. The molecule has 0 aliphatic carbocycles. The van der Waals surface area contributed by atoms with Crippen LogP contribution in [0, 0.1) is 5.82 Å². The van der Waals surface area contributed by atoms with Gasteiger partial charge in [0, 0.05) is 12.1 Å². The van der Waals surface area contributed by atoms with Crippen LogP contribution in [-0.4, -0.2) is 35.2 Å². The molecular weight excluding hydrogens is 235 g/mol. The minimum Gasteiger partial charge on any atom is -0.439 e. The summed E-state index contributed by atoms with van der Waals surface area (Å²) < 4.78 is 18.4. The summed E-state index contributed by atoms with van der Waals surface area (Å²) in [6, 6.07) is 6.07. The van der Waals surface area contributed by atoms with E-state index in [1.807, 2.05) is 11.9 Å². The van der Waals surface area contributed by atoms with Crippen LogP contribution in [0.1, 0.15) is 5.89 Å². The van der Waals surface area contributed by atoms with Crippen molar-refractivity contribution >= 4 is 0 Å². The average molecular weight is 250 g/mol. The Morgan fingerprint density at radius 1 is 1.33 bits per heavy atom. The molecule has 0 amide bonds. The Hall–Kier alpha value is -1.72. The molecule has 2 aromatic rings. The zero-order valence-electron chi connectivity index (χ0n) is 10.1. The number of rotatable bonds is 5. The molecular formula is C13H15FN2O2. The minimum absolute atomic E-state index is 0.0992. The number of nitrogens with zero attached hydrogens (tertiary/aromatic N) is 2. The van der Waals surface area contributed by atoms with Crippen LogP contribution in [-0.2, 0) is 6.54 Å². The third-order valence-electron chi connectivity index (χ3n) is 2.57. The summed E-state index contributed by atoms with van der Waals surface area (Å²) in [6.07, 6.45) is 1.62. The Morgan fingerprint density at radius 3 is 2.72 bits per heavy atom. The highest BCUT2D eigenvalue weighted by molar-refractivity contribution is 5.55. The largest absolute Gasteiger partial charge is 0.439 e. The third kappa shape index (κ3) is 3.15. The molecule has 1 aromatic heterocycles. The number of aromatic nitrogens is 1. The number of aliphatic hydroxyl groups is 1. The van der Waals surface area contributed by atoms with Crippen LogP contribution in [0.15, 0.2) is 34.9 Å². The summed E-state index contributed by atoms with van der Waals surface area (Å²) in [5.41, 5.74) is 0.792. The van der Waals surface area contributed by atoms with Gasteiger partial charge in [0.15, 0.2) is 5.76 Å². The highest BCUT2D eigenvalue weighted by Crippen LogP contribution is 2.20. The molecule has 0 saturated heterocycles. The second-order valence-corrected chi connectivity index (χ2v) is 4.09. The molecule has 2 rings (SSSR count). The number of likely N-dealkylation sites (N-methyl/N-ethyl adjacent to an activating group) is 1. The summed E-state index contributed by atoms with van der Waals surface area (Å²) in [5.74, 6) is 0.911. The van der Waals surface area contributed by atoms with Crippen molar-refractivity contribution in [3.05, 3.63) is 42.2 Å². The monoisotopic (exact) mass is 250 g/mol. The van der Waals surface area contributed by atoms with E-state index in [0.29, 0.717) is 24.7 Å². The number of oxazole rings is 1. The fraction of sp³-hybridized carbons (Fsp3) is 0.308. The molecule has 1 N–H and O–H groups in total. The Bertz CT molecular complexity index is 496. The number of halogens is 1. The van der Waals surface area contributed by atoms with Gasteiger partial charge in [-0.1, -0.05) is 0 Å². The third-order valence-corrected chi connectivity index (χ3v) is 2.57. The van der Waals surface area contributed by atoms with Crippen molar-refractivity contribution < 1.29 is 13.9 Å². The minimum atomic E-state index is -0.277. The molecule has 0 fully saturated rings. The van der Waals surface area contributed by atoms with Gasteiger partial charge < -0.3 is 9.52 Å². The van der Waals surface area contributed by atoms with E-state index in [2.05, 4.69) is 4.98 Å². The quantitative estimate of drug-likeness (QED) is 0.880. The Labute approximate surface area is 105 Å². The molecule has 96 valence electrons. The summed E-state index contributed by atoms with van der Waals surface area (Å²) in [4.78, 5) is 6.06. The lowest BCUT2D eigenvalue weighted by molar-refractivity contribution is 0.206. The maximum Gasteiger partial charge on any atom is 0.209 e. The lowest BCUT2D eigenvalue weighted by atomic mass is 10.2. The lowest BCUT2D eigenvalue weighted by Crippen LogP contribution is -2.21. The van der Waals surface area contributed by atoms with Gasteiger partial charge in [-0.3, -0.25) is 4.90 Å². The topological polar surface area (TPSA) is 49.5 Å². The maximum absolute atomic E-state index is 12.8. The van der Waals surface area contributed by atoms with Crippen molar-refractivity contribution in [2.45, 2.75) is 6.54 Å². The second-order valence-electron chi connectivity index (χ2n) is 4.09. The van der Waals surface area contributed by atoms with Gasteiger partial charge in [-0.05, 0) is 31.3 Å². The van der Waals surface area contributed by atoms with E-state index >= 15 is 0 Å². The van der Waals surface area contributed by atoms with Crippen LogP contribution in [0.5, 0.6) is 0 Å². The van der Waals surface area contributed by atoms with Crippen molar-refractivity contribution in [2.75, 3.05) is 20.2 Å². The van der Waals surface area contributed by atoms with Gasteiger partial charge in [-0.15, -0.1) is 0 Å². The van der Waals surface area contributed by atoms with Gasteiger partial charge in [0.05, 0.1) is 19.3 Å². The zero-order valence-corrected chi connectivity index (χ0v) is 10.1. The fourth-order valence-corrected chi connectivity index (χ4v) is 1.61. The predicted octanol–water partition coefficient (Wildman–Crippen LogP) is 1.90. The van der Waals surface area contributed by atoms with E-state index in [1.165, 1.54) is 12.1 Å². The van der Waals surface area contributed by atoms with Crippen molar-refractivity contribution in [3.63, 3.8) is 0 Å². The first-order valence-corrected chi connectivity index (χ1v) is 5.69. The van der Waals surface area contributed by atoms with Crippen LogP contribution in [0.2, 0.25) is 0 Å². The number of aliphatic hydroxyl groups excluding tert-OH is 1. The molecule has 0 radical (unpaired) electrons. The summed E-state index contributed by atoms with van der Waals surface area (Å²) in [5, 5.41) is 8.80. The molecule has 0 aliphatic rings. The van der Waals surface area contributed by atoms with Crippen molar-refractivity contribution in [3.8, 4) is 11.3 Å². The van der Waals surface area contributed by atoms with E-state index in [9.17, 15) is 4.39 Å². The van der Waals surface area contributed by atoms with E-state index < -0.39 is 0 Å². The first kappa shape index (κ1) is 12.7. The van der Waals surface area contributed by atoms with Crippen LogP contribution < -0.4 is 0 Å². The fourth-order valence-electron chi connectivity index (χ4n) is 1.61. The molecule has 0 aliphatic heterocycles. The van der Waals surface area contributed by atoms with Crippen molar-refractivity contribution in [1.82, 2.24) is 9.88 Å². The standard InChI is InChI=1S/C13H15FN2O2/c1-16(6-7-17)9-13-15-8-12(18-13)10-2-4-11(14)5-3-10/h2-5,8,17H,6-7,9H2,1H3. The summed E-state index contributed by atoms with van der Waals surface area (Å²) >= 11 is 0. The number of hydrogen-bond acceptors (Lipinski definition) is 4. The molecule has 0 unspecified atom stereocenters. The van der Waals surface area contributed by atoms with Gasteiger partial charge in [0.25, 0.3) is 0 Å². The van der Waals surface area contributed by atoms with Gasteiger partial charge >= 0.3 is 0 Å². The van der Waals surface area contributed by atoms with Gasteiger partial charge in [0.1, 0.15) is 5.82 Å². The summed E-state index contributed by atoms with van der Waals surface area (Å²) in [7, 11) is 1.87. The highest BCUT2D eigenvalue weighted by Gasteiger charge is 2.08. The first-order valence-electron chi connectivity index (χ1n) is 5.69. The molecule has 18 heavy (non-hydrogen) atoms. The number of hydrogen-bond donors (Lipinski definition) is 1. The Kier molecular flexibility index (Phi) is 4.07. The summed E-state index contributed by atoms with van der Waals surface area (Å²) in [6.45, 7) is 1.19. The highest BCUT2D eigenvalue weighted by atomic mass is 19.1. The molecule has 0 spiro atoms. The predicted molar refractivity (Wildman–Crippen MR) is 65.3 cm³/mol. The first-order chi connectivity index (χ1) is 8.69. The lowest BCUT2D eigenvalue weighted by Gasteiger charge is -2.11. The van der Waals surface area contributed by atoms with E-state index in [4.69, 9.17) is 9.52 Å². The normalized spacial score (nSPS) is 11.1. The smallest absolute Gasteiger partial charge is 0.209 e. The van der Waals surface area contributed by atoms with Crippen LogP contribution in [0.25, 0.3) is 11.3 Å². The molecule has 5 heteroatoms. The molecule has 0 atom stereocenters. The molecule has 1 heterocycles. The van der Waals surface area contributed by atoms with E-state index in [0.717, 1.165) is 5.56 Å².